The number of H-pyrrole nitrogens is 1. The first-order valence-electron chi connectivity index (χ1n) is 9.91. The highest BCUT2D eigenvalue weighted by Crippen LogP contribution is 2.58. The summed E-state index contributed by atoms with van der Waals surface area (Å²) in [5, 5.41) is 24.9. The second-order valence-electron chi connectivity index (χ2n) is 7.49. The van der Waals surface area contributed by atoms with E-state index in [1.807, 2.05) is 4.98 Å². The van der Waals surface area contributed by atoms with Crippen molar-refractivity contribution in [3.05, 3.63) is 78.4 Å². The zero-order chi connectivity index (χ0) is 24.5. The van der Waals surface area contributed by atoms with Crippen LogP contribution in [0.1, 0.15) is 24.3 Å². The van der Waals surface area contributed by atoms with E-state index in [0.717, 1.165) is 16.8 Å². The van der Waals surface area contributed by atoms with E-state index in [0.29, 0.717) is 17.0 Å². The lowest BCUT2D eigenvalue weighted by molar-refractivity contribution is -0.127. The lowest BCUT2D eigenvalue weighted by Gasteiger charge is -2.32. The predicted molar refractivity (Wildman–Crippen MR) is 115 cm³/mol. The number of aromatic nitrogens is 2. The number of benzene rings is 1. The molecule has 34 heavy (non-hydrogen) atoms. The van der Waals surface area contributed by atoms with Crippen LogP contribution in [-0.2, 0) is 22.9 Å². The second kappa shape index (κ2) is 9.62. The van der Waals surface area contributed by atoms with Gasteiger partial charge in [0, 0.05) is 28.6 Å². The van der Waals surface area contributed by atoms with Gasteiger partial charge >= 0.3 is 13.5 Å². The van der Waals surface area contributed by atoms with Crippen molar-refractivity contribution in [3.63, 3.8) is 0 Å². The molecule has 3 heterocycles. The van der Waals surface area contributed by atoms with Crippen LogP contribution in [0.5, 0.6) is 0 Å². The molecule has 0 saturated carbocycles. The van der Waals surface area contributed by atoms with Crippen molar-refractivity contribution >= 4 is 19.4 Å². The number of aliphatic hydroxyl groups excluding tert-OH is 2. The molecule has 16 heteroatoms. The number of azide groups is 1. The fourth-order valence-corrected chi connectivity index (χ4v) is 5.22. The SMILES string of the molecule is [N-]=[N+]=N[C@]1(CO[P@@]2(=O)OCC[C@@H](c3cccc(Cl)c3)O2)O[C@@H](n2ccc(=O)[nH]c2=O)[C@H](O)[C@@H]1O. The van der Waals surface area contributed by atoms with E-state index in [1.54, 1.807) is 24.3 Å². The number of hydrogen-bond donors (Lipinski definition) is 3. The zero-order valence-corrected chi connectivity index (χ0v) is 18.9. The van der Waals surface area contributed by atoms with Crippen LogP contribution in [-0.4, -0.2) is 50.9 Å². The Morgan fingerprint density at radius 3 is 2.88 bits per heavy atom. The van der Waals surface area contributed by atoms with Crippen molar-refractivity contribution in [2.45, 2.75) is 36.7 Å². The minimum absolute atomic E-state index is 0.00437. The molecule has 6 atom stereocenters. The minimum Gasteiger partial charge on any atom is -0.387 e. The molecule has 0 unspecified atom stereocenters. The Bertz CT molecular complexity index is 1280. The number of ether oxygens (including phenoxy) is 1. The largest absolute Gasteiger partial charge is 0.475 e. The van der Waals surface area contributed by atoms with Crippen molar-refractivity contribution in [3.8, 4) is 0 Å². The summed E-state index contributed by atoms with van der Waals surface area (Å²) in [7, 11) is -4.24. The lowest BCUT2D eigenvalue weighted by atomic mass is 10.1. The van der Waals surface area contributed by atoms with E-state index < -0.39 is 55.9 Å². The van der Waals surface area contributed by atoms with Gasteiger partial charge in [-0.15, -0.1) is 0 Å². The van der Waals surface area contributed by atoms with E-state index >= 15 is 0 Å². The molecule has 0 bridgehead atoms. The first-order chi connectivity index (χ1) is 16.2. The fourth-order valence-electron chi connectivity index (χ4n) is 3.61. The van der Waals surface area contributed by atoms with Gasteiger partial charge in [0.1, 0.15) is 12.2 Å². The molecule has 2 aliphatic rings. The topological polar surface area (TPSA) is 198 Å². The van der Waals surface area contributed by atoms with Crippen molar-refractivity contribution in [2.75, 3.05) is 13.2 Å². The molecule has 0 aliphatic carbocycles. The molecule has 0 spiro atoms. The molecule has 0 radical (unpaired) electrons. The number of aromatic amines is 1. The van der Waals surface area contributed by atoms with Gasteiger partial charge in [-0.2, -0.15) is 0 Å². The van der Waals surface area contributed by atoms with Crippen molar-refractivity contribution < 1.29 is 33.1 Å². The molecular formula is C18H19ClN5O9P. The fraction of sp³-hybridized carbons (Fsp3) is 0.444. The maximum atomic E-state index is 13.1. The molecule has 2 fully saturated rings. The quantitative estimate of drug-likeness (QED) is 0.222. The third-order valence-electron chi connectivity index (χ3n) is 5.28. The zero-order valence-electron chi connectivity index (χ0n) is 17.3. The molecule has 1 aromatic heterocycles. The molecule has 182 valence electrons. The van der Waals surface area contributed by atoms with E-state index in [2.05, 4.69) is 10.0 Å². The summed E-state index contributed by atoms with van der Waals surface area (Å²) in [6.07, 6.45) is -4.56. The Kier molecular flexibility index (Phi) is 6.97. The molecule has 2 aliphatic heterocycles. The first-order valence-corrected chi connectivity index (χ1v) is 11.7. The number of halogens is 1. The maximum Gasteiger partial charge on any atom is 0.475 e. The van der Waals surface area contributed by atoms with Gasteiger partial charge in [-0.1, -0.05) is 28.8 Å². The normalized spacial score (nSPS) is 33.4. The van der Waals surface area contributed by atoms with Crippen molar-refractivity contribution in [1.82, 2.24) is 9.55 Å². The summed E-state index contributed by atoms with van der Waals surface area (Å²) in [5.41, 5.74) is 5.72. The van der Waals surface area contributed by atoms with Crippen LogP contribution in [0.4, 0.5) is 0 Å². The number of nitrogens with zero attached hydrogens (tertiary/aromatic N) is 4. The number of phosphoric ester groups is 1. The van der Waals surface area contributed by atoms with Crippen LogP contribution in [0.3, 0.4) is 0 Å². The highest BCUT2D eigenvalue weighted by atomic mass is 35.5. The number of rotatable bonds is 6. The second-order valence-corrected chi connectivity index (χ2v) is 9.55. The molecule has 1 aromatic carbocycles. The van der Waals surface area contributed by atoms with Gasteiger partial charge in [-0.05, 0) is 23.2 Å². The molecule has 4 rings (SSSR count). The molecule has 2 aromatic rings. The molecule has 3 N–H and O–H groups in total. The standard InChI is InChI=1S/C18H19ClN5O9P/c19-11-3-1-2-10(8-11)12-5-7-30-34(29,33-12)31-9-18(22-23-20)15(27)14(26)16(32-18)24-6-4-13(25)21-17(24)28/h1-4,6,8,12,14-16,26-27H,5,7,9H2,(H,21,25,28)/t12-,14+,15-,16+,18+,34+/m0/s1. The van der Waals surface area contributed by atoms with Crippen molar-refractivity contribution in [1.29, 1.82) is 0 Å². The third-order valence-corrected chi connectivity index (χ3v) is 6.97. The van der Waals surface area contributed by atoms with Crippen LogP contribution in [0.15, 0.2) is 51.2 Å². The number of nitrogens with one attached hydrogen (secondary N) is 1. The number of aliphatic hydroxyl groups is 2. The van der Waals surface area contributed by atoms with Crippen LogP contribution in [0.25, 0.3) is 10.4 Å². The van der Waals surface area contributed by atoms with E-state index in [1.165, 1.54) is 0 Å². The average molecular weight is 516 g/mol. The summed E-state index contributed by atoms with van der Waals surface area (Å²) in [6, 6.07) is 7.71. The van der Waals surface area contributed by atoms with Crippen LogP contribution >= 0.6 is 19.4 Å². The molecule has 2 saturated heterocycles. The van der Waals surface area contributed by atoms with Gasteiger partial charge in [-0.3, -0.25) is 27.9 Å². The summed E-state index contributed by atoms with van der Waals surface area (Å²) in [5.74, 6) is 0. The Labute approximate surface area is 195 Å². The maximum absolute atomic E-state index is 13.1. The van der Waals surface area contributed by atoms with Crippen LogP contribution in [0.2, 0.25) is 5.02 Å². The Hall–Kier alpha value is -2.51. The smallest absolute Gasteiger partial charge is 0.387 e. The van der Waals surface area contributed by atoms with Gasteiger partial charge in [0.2, 0.25) is 5.72 Å². The first kappa shape index (κ1) is 24.6. The molecular weight excluding hydrogens is 497 g/mol. The lowest BCUT2D eigenvalue weighted by Crippen LogP contribution is -2.45. The third kappa shape index (κ3) is 4.82. The van der Waals surface area contributed by atoms with Gasteiger partial charge in [0.15, 0.2) is 6.23 Å². The molecule has 14 nitrogen and oxygen atoms in total. The Balaban J connectivity index is 1.55. The number of phosphoric acid groups is 1. The molecule has 0 amide bonds. The highest BCUT2D eigenvalue weighted by molar-refractivity contribution is 7.48. The predicted octanol–water partition coefficient (Wildman–Crippen LogP) is 1.75. The van der Waals surface area contributed by atoms with E-state index in [4.69, 9.17) is 35.4 Å². The summed E-state index contributed by atoms with van der Waals surface area (Å²) in [6.45, 7) is -0.853. The summed E-state index contributed by atoms with van der Waals surface area (Å²) < 4.78 is 35.5. The Morgan fingerprint density at radius 2 is 2.18 bits per heavy atom. The van der Waals surface area contributed by atoms with Gasteiger partial charge in [0.05, 0.1) is 19.3 Å². The van der Waals surface area contributed by atoms with Crippen LogP contribution < -0.4 is 11.2 Å². The minimum atomic E-state index is -4.24. The van der Waals surface area contributed by atoms with Crippen molar-refractivity contribution in [2.24, 2.45) is 5.11 Å². The highest BCUT2D eigenvalue weighted by Gasteiger charge is 2.56. The monoisotopic (exact) mass is 515 g/mol. The summed E-state index contributed by atoms with van der Waals surface area (Å²) >= 11 is 6.00. The van der Waals surface area contributed by atoms with Gasteiger partial charge in [0.25, 0.3) is 5.56 Å². The van der Waals surface area contributed by atoms with E-state index in [-0.39, 0.29) is 6.61 Å². The Morgan fingerprint density at radius 1 is 1.38 bits per heavy atom. The van der Waals surface area contributed by atoms with Gasteiger partial charge < -0.3 is 14.9 Å². The van der Waals surface area contributed by atoms with E-state index in [9.17, 15) is 24.4 Å². The average Bonchev–Trinajstić information content (AvgIpc) is 3.04. The van der Waals surface area contributed by atoms with Gasteiger partial charge in [-0.25, -0.2) is 9.36 Å². The summed E-state index contributed by atoms with van der Waals surface area (Å²) in [4.78, 5) is 28.0. The van der Waals surface area contributed by atoms with Crippen LogP contribution in [0, 0.1) is 0 Å². The number of hydrogen-bond acceptors (Lipinski definition) is 10.